The Hall–Kier alpha value is -1.75. The molecule has 0 aliphatic rings. The lowest BCUT2D eigenvalue weighted by Gasteiger charge is -2.17. The first kappa shape index (κ1) is 14.7. The van der Waals surface area contributed by atoms with Crippen LogP contribution in [-0.4, -0.2) is 9.97 Å². The molecule has 0 spiro atoms. The van der Waals surface area contributed by atoms with Crippen molar-refractivity contribution in [1.82, 2.24) is 9.97 Å². The summed E-state index contributed by atoms with van der Waals surface area (Å²) < 4.78 is 26.3. The van der Waals surface area contributed by atoms with Crippen LogP contribution in [0.2, 0.25) is 5.15 Å². The second kappa shape index (κ2) is 5.32. The third-order valence-corrected chi connectivity index (χ3v) is 2.69. The van der Waals surface area contributed by atoms with Gasteiger partial charge in [0.1, 0.15) is 28.4 Å². The normalized spacial score (nSPS) is 11.5. The summed E-state index contributed by atoms with van der Waals surface area (Å²) in [6.07, 6.45) is 0. The minimum absolute atomic E-state index is 0.261. The summed E-state index contributed by atoms with van der Waals surface area (Å²) in [6.45, 7) is 5.85. The van der Waals surface area contributed by atoms with Crippen molar-refractivity contribution in [3.63, 3.8) is 0 Å². The molecule has 0 aliphatic carbocycles. The molecule has 0 atom stereocenters. The highest BCUT2D eigenvalue weighted by Gasteiger charge is 2.19. The predicted octanol–water partition coefficient (Wildman–Crippen LogP) is 4.45. The van der Waals surface area contributed by atoms with Crippen molar-refractivity contribution >= 4 is 23.1 Å². The van der Waals surface area contributed by atoms with Gasteiger partial charge in [0.05, 0.1) is 0 Å². The number of benzene rings is 1. The average Bonchev–Trinajstić information content (AvgIpc) is 2.25. The Bertz CT molecular complexity index is 619. The Balaban J connectivity index is 2.36. The fourth-order valence-corrected chi connectivity index (χ4v) is 1.77. The van der Waals surface area contributed by atoms with E-state index >= 15 is 0 Å². The SMILES string of the molecule is CC(C)(C)c1nc(Cl)cc(Nc2cc(F)cc(F)c2)n1. The molecule has 20 heavy (non-hydrogen) atoms. The lowest BCUT2D eigenvalue weighted by Crippen LogP contribution is -2.16. The van der Waals surface area contributed by atoms with E-state index in [1.54, 1.807) is 0 Å². The summed E-state index contributed by atoms with van der Waals surface area (Å²) in [5, 5.41) is 3.09. The van der Waals surface area contributed by atoms with Crippen LogP contribution >= 0.6 is 11.6 Å². The summed E-state index contributed by atoms with van der Waals surface area (Å²) in [5.41, 5.74) is -0.0220. The van der Waals surface area contributed by atoms with Crippen molar-refractivity contribution in [2.24, 2.45) is 0 Å². The number of nitrogens with one attached hydrogen (secondary N) is 1. The first-order valence-corrected chi connectivity index (χ1v) is 6.40. The van der Waals surface area contributed by atoms with Crippen LogP contribution in [0.3, 0.4) is 0 Å². The third kappa shape index (κ3) is 3.63. The topological polar surface area (TPSA) is 37.8 Å². The summed E-state index contributed by atoms with van der Waals surface area (Å²) >= 11 is 5.95. The summed E-state index contributed by atoms with van der Waals surface area (Å²) in [7, 11) is 0. The van der Waals surface area contributed by atoms with Gasteiger partial charge in [-0.05, 0) is 12.1 Å². The molecule has 0 aliphatic heterocycles. The lowest BCUT2D eigenvalue weighted by molar-refractivity contribution is 0.546. The van der Waals surface area contributed by atoms with E-state index in [1.165, 1.54) is 18.2 Å². The van der Waals surface area contributed by atoms with Gasteiger partial charge in [0.15, 0.2) is 0 Å². The third-order valence-electron chi connectivity index (χ3n) is 2.50. The molecule has 0 saturated heterocycles. The summed E-state index contributed by atoms with van der Waals surface area (Å²) in [6, 6.07) is 4.66. The van der Waals surface area contributed by atoms with Crippen LogP contribution in [-0.2, 0) is 5.41 Å². The van der Waals surface area contributed by atoms with Crippen LogP contribution < -0.4 is 5.32 Å². The summed E-state index contributed by atoms with van der Waals surface area (Å²) in [5.74, 6) is -0.392. The Kier molecular flexibility index (Phi) is 3.90. The van der Waals surface area contributed by atoms with Crippen molar-refractivity contribution in [2.45, 2.75) is 26.2 Å². The van der Waals surface area contributed by atoms with Gasteiger partial charge in [0.2, 0.25) is 0 Å². The molecule has 2 rings (SSSR count). The molecule has 1 N–H and O–H groups in total. The number of aromatic nitrogens is 2. The zero-order chi connectivity index (χ0) is 14.9. The first-order chi connectivity index (χ1) is 9.24. The van der Waals surface area contributed by atoms with E-state index in [-0.39, 0.29) is 16.3 Å². The van der Waals surface area contributed by atoms with Gasteiger partial charge in [-0.3, -0.25) is 0 Å². The number of rotatable bonds is 2. The second-order valence-corrected chi connectivity index (χ2v) is 5.82. The van der Waals surface area contributed by atoms with E-state index in [4.69, 9.17) is 11.6 Å². The van der Waals surface area contributed by atoms with Crippen LogP contribution in [0.25, 0.3) is 0 Å². The maximum Gasteiger partial charge on any atom is 0.137 e. The Morgan fingerprint density at radius 3 is 2.15 bits per heavy atom. The van der Waals surface area contributed by atoms with Gasteiger partial charge < -0.3 is 5.32 Å². The molecule has 1 aromatic carbocycles. The molecule has 0 unspecified atom stereocenters. The average molecular weight is 298 g/mol. The maximum atomic E-state index is 13.1. The van der Waals surface area contributed by atoms with E-state index in [2.05, 4.69) is 15.3 Å². The highest BCUT2D eigenvalue weighted by Crippen LogP contribution is 2.24. The minimum Gasteiger partial charge on any atom is -0.340 e. The summed E-state index contributed by atoms with van der Waals surface area (Å²) in [4.78, 5) is 8.46. The largest absolute Gasteiger partial charge is 0.340 e. The van der Waals surface area contributed by atoms with Crippen molar-refractivity contribution in [3.8, 4) is 0 Å². The van der Waals surface area contributed by atoms with Gasteiger partial charge in [0.25, 0.3) is 0 Å². The quantitative estimate of drug-likeness (QED) is 0.832. The van der Waals surface area contributed by atoms with Crippen LogP contribution in [0.1, 0.15) is 26.6 Å². The molecule has 0 radical (unpaired) electrons. The predicted molar refractivity (Wildman–Crippen MR) is 75.4 cm³/mol. The van der Waals surface area contributed by atoms with E-state index in [9.17, 15) is 8.78 Å². The lowest BCUT2D eigenvalue weighted by atomic mass is 9.96. The van der Waals surface area contributed by atoms with E-state index in [0.717, 1.165) is 6.07 Å². The van der Waals surface area contributed by atoms with Gasteiger partial charge in [-0.25, -0.2) is 18.7 Å². The van der Waals surface area contributed by atoms with Gasteiger partial charge in [-0.15, -0.1) is 0 Å². The Labute approximate surface area is 121 Å². The molecular formula is C14H14ClF2N3. The van der Waals surface area contributed by atoms with Gasteiger partial charge >= 0.3 is 0 Å². The van der Waals surface area contributed by atoms with E-state index in [1.807, 2.05) is 20.8 Å². The first-order valence-electron chi connectivity index (χ1n) is 6.02. The Morgan fingerprint density at radius 1 is 1.00 bits per heavy atom. The molecule has 0 saturated carbocycles. The monoisotopic (exact) mass is 297 g/mol. The molecule has 3 nitrogen and oxygen atoms in total. The van der Waals surface area contributed by atoms with Crippen LogP contribution in [0.15, 0.2) is 24.3 Å². The van der Waals surface area contributed by atoms with Crippen LogP contribution in [0.5, 0.6) is 0 Å². The van der Waals surface area contributed by atoms with Crippen molar-refractivity contribution in [3.05, 3.63) is 46.9 Å². The molecular weight excluding hydrogens is 284 g/mol. The second-order valence-electron chi connectivity index (χ2n) is 5.43. The molecule has 0 amide bonds. The Morgan fingerprint density at radius 2 is 1.60 bits per heavy atom. The van der Waals surface area contributed by atoms with Crippen LogP contribution in [0.4, 0.5) is 20.3 Å². The highest BCUT2D eigenvalue weighted by atomic mass is 35.5. The molecule has 2 aromatic rings. The number of anilines is 2. The molecule has 106 valence electrons. The molecule has 0 bridgehead atoms. The fraction of sp³-hybridized carbons (Fsp3) is 0.286. The zero-order valence-corrected chi connectivity index (χ0v) is 12.1. The highest BCUT2D eigenvalue weighted by molar-refractivity contribution is 6.29. The molecule has 1 heterocycles. The standard InChI is InChI=1S/C14H14ClF2N3/c1-14(2,3)13-19-11(15)7-12(20-13)18-10-5-8(16)4-9(17)6-10/h4-7H,1-3H3,(H,18,19,20). The van der Waals surface area contributed by atoms with Crippen molar-refractivity contribution in [2.75, 3.05) is 5.32 Å². The smallest absolute Gasteiger partial charge is 0.137 e. The van der Waals surface area contributed by atoms with E-state index < -0.39 is 11.6 Å². The fourth-order valence-electron chi connectivity index (χ4n) is 1.59. The minimum atomic E-state index is -0.663. The van der Waals surface area contributed by atoms with E-state index in [0.29, 0.717) is 11.6 Å². The number of nitrogens with zero attached hydrogens (tertiary/aromatic N) is 2. The number of hydrogen-bond donors (Lipinski definition) is 1. The van der Waals surface area contributed by atoms with Crippen molar-refractivity contribution < 1.29 is 8.78 Å². The zero-order valence-electron chi connectivity index (χ0n) is 11.3. The maximum absolute atomic E-state index is 13.1. The van der Waals surface area contributed by atoms with Gasteiger partial charge in [-0.1, -0.05) is 32.4 Å². The van der Waals surface area contributed by atoms with Gasteiger partial charge in [-0.2, -0.15) is 0 Å². The van der Waals surface area contributed by atoms with Crippen molar-refractivity contribution in [1.29, 1.82) is 0 Å². The molecule has 1 aromatic heterocycles. The molecule has 6 heteroatoms. The van der Waals surface area contributed by atoms with Crippen LogP contribution in [0, 0.1) is 11.6 Å². The number of halogens is 3. The number of hydrogen-bond acceptors (Lipinski definition) is 3. The molecule has 0 fully saturated rings. The van der Waals surface area contributed by atoms with Gasteiger partial charge in [0, 0.05) is 23.2 Å².